The van der Waals surface area contributed by atoms with Crippen molar-refractivity contribution in [1.82, 2.24) is 0 Å². The van der Waals surface area contributed by atoms with Crippen LogP contribution in [0.4, 0.5) is 0 Å². The molecule has 5 atom stereocenters. The van der Waals surface area contributed by atoms with E-state index in [1.54, 1.807) is 0 Å². The number of allylic oxidation sites excluding steroid dienone is 1. The molecule has 1 N–H and O–H groups in total. The first-order chi connectivity index (χ1) is 7.34. The van der Waals surface area contributed by atoms with Gasteiger partial charge in [-0.15, -0.1) is 0 Å². The van der Waals surface area contributed by atoms with Crippen LogP contribution in [0.1, 0.15) is 47.0 Å². The lowest BCUT2D eigenvalue weighted by Crippen LogP contribution is -2.42. The van der Waals surface area contributed by atoms with Gasteiger partial charge in [-0.3, -0.25) is 0 Å². The highest BCUT2D eigenvalue weighted by atomic mass is 16.3. The Morgan fingerprint density at radius 1 is 1.19 bits per heavy atom. The van der Waals surface area contributed by atoms with Gasteiger partial charge in [-0.05, 0) is 36.5 Å². The fourth-order valence-electron chi connectivity index (χ4n) is 5.75. The molecule has 3 aliphatic carbocycles. The Morgan fingerprint density at radius 2 is 1.88 bits per heavy atom. The zero-order valence-electron chi connectivity index (χ0n) is 11.0. The number of aliphatic hydroxyl groups is 1. The van der Waals surface area contributed by atoms with Gasteiger partial charge in [0.25, 0.3) is 0 Å². The maximum absolute atomic E-state index is 10.4. The van der Waals surface area contributed by atoms with Crippen LogP contribution in [0.25, 0.3) is 0 Å². The molecule has 1 nitrogen and oxygen atoms in total. The van der Waals surface area contributed by atoms with Gasteiger partial charge in [0, 0.05) is 10.8 Å². The molecule has 0 aliphatic heterocycles. The summed E-state index contributed by atoms with van der Waals surface area (Å²) in [5.74, 6) is 1.51. The van der Waals surface area contributed by atoms with Gasteiger partial charge in [0.1, 0.15) is 0 Å². The van der Waals surface area contributed by atoms with Crippen molar-refractivity contribution in [1.29, 1.82) is 0 Å². The van der Waals surface area contributed by atoms with Gasteiger partial charge in [-0.25, -0.2) is 0 Å². The minimum absolute atomic E-state index is 0.0943. The largest absolute Gasteiger partial charge is 0.388 e. The fraction of sp³-hybridized carbons (Fsp3) is 0.867. The summed E-state index contributed by atoms with van der Waals surface area (Å²) in [6.07, 6.45) is 8.08. The molecule has 0 aromatic carbocycles. The zero-order valence-corrected chi connectivity index (χ0v) is 11.0. The molecule has 5 unspecified atom stereocenters. The Bertz CT molecular complexity index is 356. The minimum atomic E-state index is -0.225. The Hall–Kier alpha value is -0.300. The van der Waals surface area contributed by atoms with E-state index in [0.717, 1.165) is 11.8 Å². The van der Waals surface area contributed by atoms with Crippen LogP contribution in [-0.2, 0) is 0 Å². The third kappa shape index (κ3) is 0.895. The van der Waals surface area contributed by atoms with Crippen molar-refractivity contribution in [2.45, 2.75) is 53.1 Å². The molecular formula is C15H24O. The lowest BCUT2D eigenvalue weighted by atomic mass is 9.61. The molecule has 3 rings (SSSR count). The molecule has 1 heteroatoms. The fourth-order valence-corrected chi connectivity index (χ4v) is 5.75. The predicted molar refractivity (Wildman–Crippen MR) is 66.0 cm³/mol. The van der Waals surface area contributed by atoms with Crippen LogP contribution in [0.5, 0.6) is 0 Å². The number of rotatable bonds is 0. The van der Waals surface area contributed by atoms with Gasteiger partial charge < -0.3 is 5.11 Å². The van der Waals surface area contributed by atoms with Crippen molar-refractivity contribution < 1.29 is 5.11 Å². The second kappa shape index (κ2) is 2.75. The quantitative estimate of drug-likeness (QED) is 0.620. The smallest absolute Gasteiger partial charge is 0.0783 e. The van der Waals surface area contributed by atoms with Crippen molar-refractivity contribution in [3.63, 3.8) is 0 Å². The van der Waals surface area contributed by atoms with E-state index in [2.05, 4.69) is 39.8 Å². The molecular weight excluding hydrogens is 196 g/mol. The Kier molecular flexibility index (Phi) is 1.86. The van der Waals surface area contributed by atoms with Crippen LogP contribution in [0.2, 0.25) is 0 Å². The second-order valence-electron chi connectivity index (χ2n) is 7.35. The van der Waals surface area contributed by atoms with E-state index in [0.29, 0.717) is 5.41 Å². The van der Waals surface area contributed by atoms with E-state index in [1.807, 2.05) is 0 Å². The van der Waals surface area contributed by atoms with Gasteiger partial charge in [0.05, 0.1) is 6.10 Å². The first-order valence-corrected chi connectivity index (χ1v) is 6.72. The average Bonchev–Trinajstić information content (AvgIpc) is 2.68. The predicted octanol–water partition coefficient (Wildman–Crippen LogP) is 3.39. The normalized spacial score (nSPS) is 57.7. The van der Waals surface area contributed by atoms with E-state index in [9.17, 15) is 5.11 Å². The first kappa shape index (κ1) is 10.8. The van der Waals surface area contributed by atoms with Crippen LogP contribution >= 0.6 is 0 Å². The van der Waals surface area contributed by atoms with Gasteiger partial charge in [-0.2, -0.15) is 0 Å². The molecule has 2 fully saturated rings. The molecule has 2 saturated carbocycles. The van der Waals surface area contributed by atoms with Gasteiger partial charge in [0.2, 0.25) is 0 Å². The summed E-state index contributed by atoms with van der Waals surface area (Å²) in [4.78, 5) is 0. The standard InChI is InChI=1S/C15H24O/c1-10-5-6-11-13(2,3)9-14(4)12(16)7-8-15(10,11)14/h7-8,10-12,16H,5-6,9H2,1-4H3. The second-order valence-corrected chi connectivity index (χ2v) is 7.35. The summed E-state index contributed by atoms with van der Waals surface area (Å²) in [6, 6.07) is 0. The molecule has 0 amide bonds. The highest BCUT2D eigenvalue weighted by Gasteiger charge is 2.70. The van der Waals surface area contributed by atoms with Gasteiger partial charge >= 0.3 is 0 Å². The topological polar surface area (TPSA) is 20.2 Å². The third-order valence-corrected chi connectivity index (χ3v) is 6.24. The van der Waals surface area contributed by atoms with Crippen molar-refractivity contribution >= 4 is 0 Å². The molecule has 0 bridgehead atoms. The lowest BCUT2D eigenvalue weighted by Gasteiger charge is -2.43. The van der Waals surface area contributed by atoms with Crippen LogP contribution < -0.4 is 0 Å². The Balaban J connectivity index is 2.18. The van der Waals surface area contributed by atoms with Gasteiger partial charge in [0.15, 0.2) is 0 Å². The first-order valence-electron chi connectivity index (χ1n) is 6.72. The summed E-state index contributed by atoms with van der Waals surface area (Å²) in [7, 11) is 0. The summed E-state index contributed by atoms with van der Waals surface area (Å²) in [5, 5.41) is 10.4. The van der Waals surface area contributed by atoms with E-state index < -0.39 is 0 Å². The lowest BCUT2D eigenvalue weighted by molar-refractivity contribution is -0.00199. The molecule has 0 radical (unpaired) electrons. The number of hydrogen-bond donors (Lipinski definition) is 1. The summed E-state index contributed by atoms with van der Waals surface area (Å²) in [6.45, 7) is 9.52. The van der Waals surface area contributed by atoms with Crippen LogP contribution in [0.15, 0.2) is 12.2 Å². The summed E-state index contributed by atoms with van der Waals surface area (Å²) in [5.41, 5.74) is 0.776. The minimum Gasteiger partial charge on any atom is -0.388 e. The Labute approximate surface area is 98.9 Å². The Morgan fingerprint density at radius 3 is 2.56 bits per heavy atom. The SMILES string of the molecule is CC1CCC2C(C)(C)CC3(C)C(O)C=CC123. The zero-order chi connectivity index (χ0) is 11.8. The molecule has 16 heavy (non-hydrogen) atoms. The van der Waals surface area contributed by atoms with Crippen LogP contribution in [0.3, 0.4) is 0 Å². The summed E-state index contributed by atoms with van der Waals surface area (Å²) < 4.78 is 0. The third-order valence-electron chi connectivity index (χ3n) is 6.24. The van der Waals surface area contributed by atoms with Crippen LogP contribution in [0, 0.1) is 28.1 Å². The average molecular weight is 220 g/mol. The monoisotopic (exact) mass is 220 g/mol. The number of hydrogen-bond acceptors (Lipinski definition) is 1. The molecule has 3 aliphatic rings. The summed E-state index contributed by atoms with van der Waals surface area (Å²) >= 11 is 0. The van der Waals surface area contributed by atoms with Crippen molar-refractivity contribution in [2.24, 2.45) is 28.1 Å². The van der Waals surface area contributed by atoms with Crippen molar-refractivity contribution in [3.8, 4) is 0 Å². The van der Waals surface area contributed by atoms with E-state index in [-0.39, 0.29) is 16.9 Å². The van der Waals surface area contributed by atoms with E-state index in [4.69, 9.17) is 0 Å². The van der Waals surface area contributed by atoms with Crippen molar-refractivity contribution in [3.05, 3.63) is 12.2 Å². The highest BCUT2D eigenvalue weighted by Crippen LogP contribution is 2.75. The van der Waals surface area contributed by atoms with Crippen LogP contribution in [-0.4, -0.2) is 11.2 Å². The molecule has 1 spiro atoms. The van der Waals surface area contributed by atoms with E-state index >= 15 is 0 Å². The molecule has 0 saturated heterocycles. The highest BCUT2D eigenvalue weighted by molar-refractivity contribution is 5.31. The molecule has 0 aromatic heterocycles. The van der Waals surface area contributed by atoms with Crippen molar-refractivity contribution in [2.75, 3.05) is 0 Å². The van der Waals surface area contributed by atoms with E-state index in [1.165, 1.54) is 19.3 Å². The number of aliphatic hydroxyl groups excluding tert-OH is 1. The maximum atomic E-state index is 10.4. The molecule has 0 aromatic rings. The molecule has 0 heterocycles. The maximum Gasteiger partial charge on any atom is 0.0783 e. The molecule has 90 valence electrons. The van der Waals surface area contributed by atoms with Gasteiger partial charge in [-0.1, -0.05) is 39.8 Å².